The van der Waals surface area contributed by atoms with E-state index in [9.17, 15) is 5.11 Å². The summed E-state index contributed by atoms with van der Waals surface area (Å²) in [7, 11) is 2.00. The van der Waals surface area contributed by atoms with Gasteiger partial charge in [-0.15, -0.1) is 0 Å². The lowest BCUT2D eigenvalue weighted by Gasteiger charge is -2.24. The molecule has 0 aromatic carbocycles. The minimum absolute atomic E-state index is 0.0325. The number of hydrogen-bond acceptors (Lipinski definition) is 4. The van der Waals surface area contributed by atoms with Gasteiger partial charge in [0, 0.05) is 24.7 Å². The van der Waals surface area contributed by atoms with Gasteiger partial charge in [0.2, 0.25) is 0 Å². The molecule has 1 aromatic heterocycles. The van der Waals surface area contributed by atoms with Crippen LogP contribution in [0.5, 0.6) is 0 Å². The van der Waals surface area contributed by atoms with Gasteiger partial charge in [0.25, 0.3) is 0 Å². The van der Waals surface area contributed by atoms with Crippen LogP contribution in [0.2, 0.25) is 0 Å². The third-order valence-corrected chi connectivity index (χ3v) is 3.09. The van der Waals surface area contributed by atoms with Gasteiger partial charge in [-0.05, 0) is 31.5 Å². The normalized spacial score (nSPS) is 12.0. The Morgan fingerprint density at radius 3 is 2.45 bits per heavy atom. The smallest absolute Gasteiger partial charge is 0.129 e. The standard InChI is InChI=1S/C16H28N2O2/c1-12(2)20-8-7-18(6)15-10-13(11-19)9-14(17-15)16(3,4)5/h9-10,12,19H,7-8,11H2,1-6H3. The van der Waals surface area contributed by atoms with Crippen molar-refractivity contribution in [1.82, 2.24) is 4.98 Å². The highest BCUT2D eigenvalue weighted by molar-refractivity contribution is 5.43. The Labute approximate surface area is 122 Å². The van der Waals surface area contributed by atoms with Crippen LogP contribution in [0, 0.1) is 0 Å². The highest BCUT2D eigenvalue weighted by Gasteiger charge is 2.18. The van der Waals surface area contributed by atoms with E-state index in [-0.39, 0.29) is 18.1 Å². The third kappa shape index (κ3) is 5.10. The summed E-state index contributed by atoms with van der Waals surface area (Å²) >= 11 is 0. The van der Waals surface area contributed by atoms with Gasteiger partial charge in [-0.1, -0.05) is 20.8 Å². The van der Waals surface area contributed by atoms with E-state index in [2.05, 4.69) is 25.7 Å². The maximum absolute atomic E-state index is 9.41. The second kappa shape index (κ2) is 7.04. The first-order valence-corrected chi connectivity index (χ1v) is 7.19. The molecule has 0 aliphatic rings. The van der Waals surface area contributed by atoms with Crippen LogP contribution in [0.25, 0.3) is 0 Å². The summed E-state index contributed by atoms with van der Waals surface area (Å²) in [6.45, 7) is 11.9. The van der Waals surface area contributed by atoms with Crippen LogP contribution in [-0.4, -0.2) is 36.4 Å². The van der Waals surface area contributed by atoms with Gasteiger partial charge in [-0.3, -0.25) is 0 Å². The highest BCUT2D eigenvalue weighted by Crippen LogP contribution is 2.24. The SMILES string of the molecule is CC(C)OCCN(C)c1cc(CO)cc(C(C)(C)C)n1. The van der Waals surface area contributed by atoms with Gasteiger partial charge in [0.05, 0.1) is 19.3 Å². The van der Waals surface area contributed by atoms with E-state index in [4.69, 9.17) is 9.72 Å². The van der Waals surface area contributed by atoms with E-state index in [1.54, 1.807) is 0 Å². The largest absolute Gasteiger partial charge is 0.392 e. The summed E-state index contributed by atoms with van der Waals surface area (Å²) in [6, 6.07) is 3.91. The van der Waals surface area contributed by atoms with Crippen molar-refractivity contribution in [1.29, 1.82) is 0 Å². The monoisotopic (exact) mass is 280 g/mol. The van der Waals surface area contributed by atoms with Crippen molar-refractivity contribution in [2.24, 2.45) is 0 Å². The molecule has 0 aliphatic carbocycles. The van der Waals surface area contributed by atoms with Crippen molar-refractivity contribution in [3.05, 3.63) is 23.4 Å². The highest BCUT2D eigenvalue weighted by atomic mass is 16.5. The number of ether oxygens (including phenoxy) is 1. The predicted octanol–water partition coefficient (Wildman–Crippen LogP) is 2.73. The predicted molar refractivity (Wildman–Crippen MR) is 83.2 cm³/mol. The molecule has 20 heavy (non-hydrogen) atoms. The zero-order chi connectivity index (χ0) is 15.3. The fraction of sp³-hybridized carbons (Fsp3) is 0.688. The molecule has 4 heteroatoms. The van der Waals surface area contributed by atoms with Crippen molar-refractivity contribution < 1.29 is 9.84 Å². The van der Waals surface area contributed by atoms with Gasteiger partial charge in [0.1, 0.15) is 5.82 Å². The molecule has 0 fully saturated rings. The Morgan fingerprint density at radius 2 is 1.95 bits per heavy atom. The van der Waals surface area contributed by atoms with Crippen molar-refractivity contribution in [3.8, 4) is 0 Å². The molecule has 0 bridgehead atoms. The first kappa shape index (κ1) is 16.9. The Hall–Kier alpha value is -1.13. The zero-order valence-electron chi connectivity index (χ0n) is 13.6. The second-order valence-electron chi connectivity index (χ2n) is 6.47. The number of aliphatic hydroxyl groups is 1. The van der Waals surface area contributed by atoms with Gasteiger partial charge in [-0.25, -0.2) is 4.98 Å². The molecule has 1 N–H and O–H groups in total. The van der Waals surface area contributed by atoms with E-state index >= 15 is 0 Å². The van der Waals surface area contributed by atoms with Crippen LogP contribution in [0.4, 0.5) is 5.82 Å². The van der Waals surface area contributed by atoms with E-state index in [1.807, 2.05) is 33.0 Å². The van der Waals surface area contributed by atoms with Gasteiger partial charge in [0.15, 0.2) is 0 Å². The fourth-order valence-corrected chi connectivity index (χ4v) is 1.78. The van der Waals surface area contributed by atoms with Crippen molar-refractivity contribution >= 4 is 5.82 Å². The second-order valence-corrected chi connectivity index (χ2v) is 6.47. The number of anilines is 1. The van der Waals surface area contributed by atoms with Crippen molar-refractivity contribution in [3.63, 3.8) is 0 Å². The minimum Gasteiger partial charge on any atom is -0.392 e. The maximum Gasteiger partial charge on any atom is 0.129 e. The van der Waals surface area contributed by atoms with Gasteiger partial charge >= 0.3 is 0 Å². The molecule has 1 aromatic rings. The quantitative estimate of drug-likeness (QED) is 0.870. The lowest BCUT2D eigenvalue weighted by Crippen LogP contribution is -2.26. The Balaban J connectivity index is 2.88. The lowest BCUT2D eigenvalue weighted by molar-refractivity contribution is 0.0845. The molecule has 1 rings (SSSR count). The van der Waals surface area contributed by atoms with Crippen LogP contribution < -0.4 is 4.90 Å². The molecular weight excluding hydrogens is 252 g/mol. The van der Waals surface area contributed by atoms with Crippen molar-refractivity contribution in [2.75, 3.05) is 25.1 Å². The number of aliphatic hydroxyl groups excluding tert-OH is 1. The number of hydrogen-bond donors (Lipinski definition) is 1. The van der Waals surface area contributed by atoms with Gasteiger partial charge < -0.3 is 14.7 Å². The lowest BCUT2D eigenvalue weighted by atomic mass is 9.91. The average molecular weight is 280 g/mol. The van der Waals surface area contributed by atoms with Crippen LogP contribution in [0.3, 0.4) is 0 Å². The number of rotatable bonds is 6. The van der Waals surface area contributed by atoms with Crippen LogP contribution >= 0.6 is 0 Å². The number of aromatic nitrogens is 1. The van der Waals surface area contributed by atoms with Crippen LogP contribution in [0.1, 0.15) is 45.9 Å². The Kier molecular flexibility index (Phi) is 5.96. The topological polar surface area (TPSA) is 45.6 Å². The summed E-state index contributed by atoms with van der Waals surface area (Å²) in [4.78, 5) is 6.78. The summed E-state index contributed by atoms with van der Waals surface area (Å²) in [5, 5.41) is 9.41. The Morgan fingerprint density at radius 1 is 1.30 bits per heavy atom. The molecule has 0 radical (unpaired) electrons. The molecule has 4 nitrogen and oxygen atoms in total. The summed E-state index contributed by atoms with van der Waals surface area (Å²) < 4.78 is 5.57. The zero-order valence-corrected chi connectivity index (χ0v) is 13.6. The molecule has 0 saturated carbocycles. The third-order valence-electron chi connectivity index (χ3n) is 3.09. The number of pyridine rings is 1. The molecule has 0 atom stereocenters. The van der Waals surface area contributed by atoms with Crippen LogP contribution in [0.15, 0.2) is 12.1 Å². The molecule has 0 saturated heterocycles. The minimum atomic E-state index is -0.0325. The fourth-order valence-electron chi connectivity index (χ4n) is 1.78. The van der Waals surface area contributed by atoms with Crippen molar-refractivity contribution in [2.45, 2.75) is 52.7 Å². The first-order chi connectivity index (χ1) is 9.24. The molecule has 0 amide bonds. The maximum atomic E-state index is 9.41. The van der Waals surface area contributed by atoms with Crippen LogP contribution in [-0.2, 0) is 16.8 Å². The van der Waals surface area contributed by atoms with E-state index in [0.717, 1.165) is 23.6 Å². The van der Waals surface area contributed by atoms with E-state index in [0.29, 0.717) is 6.61 Å². The molecule has 1 heterocycles. The Bertz CT molecular complexity index is 425. The average Bonchev–Trinajstić information content (AvgIpc) is 2.36. The summed E-state index contributed by atoms with van der Waals surface area (Å²) in [5.74, 6) is 0.883. The van der Waals surface area contributed by atoms with E-state index in [1.165, 1.54) is 0 Å². The number of likely N-dealkylation sites (N-methyl/N-ethyl adjacent to an activating group) is 1. The van der Waals surface area contributed by atoms with E-state index < -0.39 is 0 Å². The summed E-state index contributed by atoms with van der Waals surface area (Å²) in [5.41, 5.74) is 1.86. The molecule has 0 aliphatic heterocycles. The first-order valence-electron chi connectivity index (χ1n) is 7.19. The molecule has 0 unspecified atom stereocenters. The van der Waals surface area contributed by atoms with Gasteiger partial charge in [-0.2, -0.15) is 0 Å². The number of nitrogens with zero attached hydrogens (tertiary/aromatic N) is 2. The molecule has 114 valence electrons. The molecular formula is C16H28N2O2. The molecule has 0 spiro atoms. The summed E-state index contributed by atoms with van der Waals surface area (Å²) in [6.07, 6.45) is 0.241.